The summed E-state index contributed by atoms with van der Waals surface area (Å²) in [6.45, 7) is 6.56. The first-order valence-corrected chi connectivity index (χ1v) is 4.18. The number of carboxylic acids is 1. The Morgan fingerprint density at radius 2 is 2.00 bits per heavy atom. The van der Waals surface area contributed by atoms with Crippen LogP contribution in [0.1, 0.15) is 6.42 Å². The zero-order valence-electron chi connectivity index (χ0n) is 7.53. The monoisotopic (exact) mass is 218 g/mol. The van der Waals surface area contributed by atoms with Gasteiger partial charge in [-0.25, -0.2) is 9.59 Å². The van der Waals surface area contributed by atoms with Crippen molar-refractivity contribution in [3.63, 3.8) is 0 Å². The van der Waals surface area contributed by atoms with Gasteiger partial charge in [-0.2, -0.15) is 0 Å². The molecule has 0 amide bonds. The number of alkyl halides is 1. The van der Waals surface area contributed by atoms with E-state index in [0.717, 1.165) is 0 Å². The molecule has 0 aromatic carbocycles. The van der Waals surface area contributed by atoms with Crippen molar-refractivity contribution in [3.8, 4) is 0 Å². The van der Waals surface area contributed by atoms with E-state index in [1.807, 2.05) is 0 Å². The lowest BCUT2D eigenvalue weighted by atomic mass is 10.1. The number of allylic oxidation sites excluding steroid dienone is 1. The molecule has 0 saturated carbocycles. The quantitative estimate of drug-likeness (QED) is 0.316. The van der Waals surface area contributed by atoms with Crippen LogP contribution in [-0.2, 0) is 14.3 Å². The van der Waals surface area contributed by atoms with Gasteiger partial charge in [0.2, 0.25) is 4.87 Å². The zero-order valence-corrected chi connectivity index (χ0v) is 8.29. The molecule has 1 atom stereocenters. The minimum Gasteiger partial charge on any atom is -0.479 e. The number of halogens is 1. The van der Waals surface area contributed by atoms with Gasteiger partial charge in [-0.05, 0) is 0 Å². The van der Waals surface area contributed by atoms with Crippen molar-refractivity contribution < 1.29 is 19.4 Å². The number of ether oxygens (including phenoxy) is 1. The third-order valence-electron chi connectivity index (χ3n) is 1.42. The van der Waals surface area contributed by atoms with Crippen LogP contribution in [0.5, 0.6) is 0 Å². The van der Waals surface area contributed by atoms with E-state index in [-0.39, 0.29) is 13.0 Å². The van der Waals surface area contributed by atoms with Gasteiger partial charge in [0.25, 0.3) is 0 Å². The molecule has 0 heterocycles. The van der Waals surface area contributed by atoms with E-state index in [0.29, 0.717) is 0 Å². The molecule has 0 aliphatic heterocycles. The van der Waals surface area contributed by atoms with Gasteiger partial charge in [-0.3, -0.25) is 0 Å². The van der Waals surface area contributed by atoms with Gasteiger partial charge in [0, 0.05) is 6.42 Å². The molecule has 0 aliphatic carbocycles. The van der Waals surface area contributed by atoms with Crippen molar-refractivity contribution in [1.29, 1.82) is 0 Å². The van der Waals surface area contributed by atoms with Gasteiger partial charge in [0.15, 0.2) is 0 Å². The first kappa shape index (κ1) is 12.7. The average molecular weight is 219 g/mol. The number of hydrogen-bond acceptors (Lipinski definition) is 3. The van der Waals surface area contributed by atoms with Crippen LogP contribution < -0.4 is 0 Å². The maximum Gasteiger partial charge on any atom is 0.339 e. The molecule has 0 spiro atoms. The Hall–Kier alpha value is -1.29. The minimum atomic E-state index is -2.08. The molecule has 0 rings (SSSR count). The summed E-state index contributed by atoms with van der Waals surface area (Å²) in [5.41, 5.74) is 0. The Kier molecular flexibility index (Phi) is 4.94. The van der Waals surface area contributed by atoms with Crippen LogP contribution in [0.2, 0.25) is 0 Å². The Morgan fingerprint density at radius 3 is 2.36 bits per heavy atom. The third kappa shape index (κ3) is 2.88. The predicted molar refractivity (Wildman–Crippen MR) is 52.2 cm³/mol. The lowest BCUT2D eigenvalue weighted by Gasteiger charge is -2.17. The van der Waals surface area contributed by atoms with Crippen molar-refractivity contribution in [2.45, 2.75) is 11.3 Å². The van der Waals surface area contributed by atoms with Crippen LogP contribution in [0, 0.1) is 0 Å². The smallest absolute Gasteiger partial charge is 0.339 e. The fourth-order valence-electron chi connectivity index (χ4n) is 0.706. The fourth-order valence-corrected chi connectivity index (χ4v) is 0.870. The van der Waals surface area contributed by atoms with Gasteiger partial charge in [0.05, 0.1) is 0 Å². The van der Waals surface area contributed by atoms with Gasteiger partial charge in [0.1, 0.15) is 6.61 Å². The normalized spacial score (nSPS) is 13.8. The highest BCUT2D eigenvalue weighted by molar-refractivity contribution is 6.44. The third-order valence-corrected chi connectivity index (χ3v) is 1.89. The topological polar surface area (TPSA) is 63.6 Å². The Balaban J connectivity index is 4.63. The average Bonchev–Trinajstić information content (AvgIpc) is 2.14. The molecule has 0 aromatic heterocycles. The molecular formula is C9H11ClO4. The van der Waals surface area contributed by atoms with Crippen LogP contribution in [0.15, 0.2) is 25.3 Å². The molecule has 78 valence electrons. The molecule has 0 aromatic rings. The second kappa shape index (κ2) is 5.44. The summed E-state index contributed by atoms with van der Waals surface area (Å²) in [5, 5.41) is 8.73. The molecule has 5 heteroatoms. The van der Waals surface area contributed by atoms with Crippen LogP contribution in [0.4, 0.5) is 0 Å². The summed E-state index contributed by atoms with van der Waals surface area (Å²) in [4.78, 5) is 19.9. The van der Waals surface area contributed by atoms with E-state index in [1.165, 1.54) is 12.2 Å². The summed E-state index contributed by atoms with van der Waals surface area (Å²) in [6.07, 6.45) is 2.38. The van der Waals surface area contributed by atoms with Crippen LogP contribution in [-0.4, -0.2) is 28.5 Å². The van der Waals surface area contributed by atoms with Crippen LogP contribution in [0.3, 0.4) is 0 Å². The summed E-state index contributed by atoms with van der Waals surface area (Å²) in [5.74, 6) is -2.46. The summed E-state index contributed by atoms with van der Waals surface area (Å²) in [6, 6.07) is 0. The van der Waals surface area contributed by atoms with E-state index < -0.39 is 16.8 Å². The Morgan fingerprint density at radius 1 is 1.43 bits per heavy atom. The summed E-state index contributed by atoms with van der Waals surface area (Å²) >= 11 is 5.58. The fraction of sp³-hybridized carbons (Fsp3) is 0.333. The van der Waals surface area contributed by atoms with Crippen molar-refractivity contribution >= 4 is 23.5 Å². The Bertz CT molecular complexity index is 262. The Labute approximate surface area is 86.8 Å². The summed E-state index contributed by atoms with van der Waals surface area (Å²) in [7, 11) is 0. The van der Waals surface area contributed by atoms with Gasteiger partial charge < -0.3 is 9.84 Å². The second-order valence-corrected chi connectivity index (χ2v) is 3.13. The van der Waals surface area contributed by atoms with Gasteiger partial charge in [-0.1, -0.05) is 30.3 Å². The number of hydrogen-bond donors (Lipinski definition) is 1. The number of rotatable bonds is 6. The van der Waals surface area contributed by atoms with Gasteiger partial charge >= 0.3 is 11.9 Å². The van der Waals surface area contributed by atoms with Crippen LogP contribution in [0.25, 0.3) is 0 Å². The minimum absolute atomic E-state index is 0.0717. The molecule has 1 unspecified atom stereocenters. The van der Waals surface area contributed by atoms with Crippen molar-refractivity contribution in [2.24, 2.45) is 0 Å². The lowest BCUT2D eigenvalue weighted by Crippen LogP contribution is -2.42. The predicted octanol–water partition coefficient (Wildman–Crippen LogP) is 1.35. The van der Waals surface area contributed by atoms with Crippen molar-refractivity contribution in [1.82, 2.24) is 0 Å². The number of esters is 1. The number of carboxylic acid groups (broad SMARTS) is 1. The van der Waals surface area contributed by atoms with E-state index in [1.54, 1.807) is 0 Å². The molecule has 0 aliphatic rings. The molecule has 0 fully saturated rings. The zero-order chi connectivity index (χ0) is 11.2. The second-order valence-electron chi connectivity index (χ2n) is 2.49. The number of carbonyl (C=O) groups excluding carboxylic acids is 1. The molecule has 14 heavy (non-hydrogen) atoms. The highest BCUT2D eigenvalue weighted by atomic mass is 35.5. The SMILES string of the molecule is C=CCOC(=O)C(Cl)(CC=C)C(=O)O. The largest absolute Gasteiger partial charge is 0.479 e. The van der Waals surface area contributed by atoms with E-state index in [4.69, 9.17) is 16.7 Å². The lowest BCUT2D eigenvalue weighted by molar-refractivity contribution is -0.155. The van der Waals surface area contributed by atoms with Gasteiger partial charge in [-0.15, -0.1) is 6.58 Å². The maximum absolute atomic E-state index is 11.2. The molecule has 0 bridgehead atoms. The molecular weight excluding hydrogens is 208 g/mol. The molecule has 0 saturated heterocycles. The van der Waals surface area contributed by atoms with Crippen molar-refractivity contribution in [2.75, 3.05) is 6.61 Å². The maximum atomic E-state index is 11.2. The van der Waals surface area contributed by atoms with Crippen LogP contribution >= 0.6 is 11.6 Å². The summed E-state index contributed by atoms with van der Waals surface area (Å²) < 4.78 is 4.55. The highest BCUT2D eigenvalue weighted by Crippen LogP contribution is 2.22. The van der Waals surface area contributed by atoms with E-state index in [2.05, 4.69) is 17.9 Å². The number of aliphatic carboxylic acids is 1. The molecule has 0 radical (unpaired) electrons. The standard InChI is InChI=1S/C9H11ClO4/c1-3-5-9(10,7(11)12)8(13)14-6-4-2/h3-4H,1-2,5-6H2,(H,11,12). The molecule has 1 N–H and O–H groups in total. The number of carbonyl (C=O) groups is 2. The van der Waals surface area contributed by atoms with Crippen molar-refractivity contribution in [3.05, 3.63) is 25.3 Å². The highest BCUT2D eigenvalue weighted by Gasteiger charge is 2.44. The first-order chi connectivity index (χ1) is 6.49. The van der Waals surface area contributed by atoms with E-state index in [9.17, 15) is 9.59 Å². The first-order valence-electron chi connectivity index (χ1n) is 3.80. The van der Waals surface area contributed by atoms with E-state index >= 15 is 0 Å². The molecule has 4 nitrogen and oxygen atoms in total.